The quantitative estimate of drug-likeness (QED) is 0.783. The molecule has 1 aromatic rings. The molecule has 1 saturated heterocycles. The molecule has 0 radical (unpaired) electrons. The molecule has 3 nitrogen and oxygen atoms in total. The standard InChI is InChI=1S/C12H21N3/c13-11-5-9-15(10-6-11)8-2-4-12-3-1-7-14-12/h1,3,7,11,14H,2,4-6,8-10,13H2. The van der Waals surface area contributed by atoms with Gasteiger partial charge in [-0.2, -0.15) is 0 Å². The van der Waals surface area contributed by atoms with Crippen LogP contribution in [0, 0.1) is 0 Å². The van der Waals surface area contributed by atoms with Crippen LogP contribution in [0.25, 0.3) is 0 Å². The highest BCUT2D eigenvalue weighted by Crippen LogP contribution is 2.09. The van der Waals surface area contributed by atoms with Crippen LogP contribution in [0.2, 0.25) is 0 Å². The van der Waals surface area contributed by atoms with Crippen molar-refractivity contribution in [1.82, 2.24) is 9.88 Å². The van der Waals surface area contributed by atoms with Gasteiger partial charge in [-0.1, -0.05) is 0 Å². The van der Waals surface area contributed by atoms with Gasteiger partial charge in [-0.05, 0) is 57.5 Å². The van der Waals surface area contributed by atoms with E-state index in [-0.39, 0.29) is 0 Å². The van der Waals surface area contributed by atoms with Crippen molar-refractivity contribution in [2.75, 3.05) is 19.6 Å². The van der Waals surface area contributed by atoms with Gasteiger partial charge in [0.2, 0.25) is 0 Å². The molecule has 84 valence electrons. The molecule has 0 atom stereocenters. The van der Waals surface area contributed by atoms with Gasteiger partial charge in [0.25, 0.3) is 0 Å². The highest BCUT2D eigenvalue weighted by molar-refractivity contribution is 5.03. The monoisotopic (exact) mass is 207 g/mol. The molecule has 2 heterocycles. The fourth-order valence-electron chi connectivity index (χ4n) is 2.19. The highest BCUT2D eigenvalue weighted by Gasteiger charge is 2.14. The molecule has 0 unspecified atom stereocenters. The summed E-state index contributed by atoms with van der Waals surface area (Å²) in [6, 6.07) is 4.67. The van der Waals surface area contributed by atoms with E-state index in [1.54, 1.807) is 0 Å². The van der Waals surface area contributed by atoms with E-state index in [4.69, 9.17) is 5.73 Å². The Hall–Kier alpha value is -0.800. The molecular weight excluding hydrogens is 186 g/mol. The number of H-pyrrole nitrogens is 1. The van der Waals surface area contributed by atoms with Gasteiger partial charge in [0, 0.05) is 17.9 Å². The van der Waals surface area contributed by atoms with Crippen LogP contribution in [0.4, 0.5) is 0 Å². The molecule has 0 aromatic carbocycles. The molecule has 3 heteroatoms. The number of nitrogens with one attached hydrogen (secondary N) is 1. The average molecular weight is 207 g/mol. The zero-order chi connectivity index (χ0) is 10.5. The number of hydrogen-bond acceptors (Lipinski definition) is 2. The lowest BCUT2D eigenvalue weighted by atomic mass is 10.1. The first-order chi connectivity index (χ1) is 7.34. The van der Waals surface area contributed by atoms with Gasteiger partial charge >= 0.3 is 0 Å². The Morgan fingerprint density at radius 3 is 2.87 bits per heavy atom. The highest BCUT2D eigenvalue weighted by atomic mass is 15.1. The minimum absolute atomic E-state index is 0.449. The number of nitrogens with zero attached hydrogens (tertiary/aromatic N) is 1. The van der Waals surface area contributed by atoms with E-state index >= 15 is 0 Å². The van der Waals surface area contributed by atoms with Crippen LogP contribution in [0.3, 0.4) is 0 Å². The molecular formula is C12H21N3. The van der Waals surface area contributed by atoms with Crippen LogP contribution >= 0.6 is 0 Å². The molecule has 1 aliphatic heterocycles. The summed E-state index contributed by atoms with van der Waals surface area (Å²) in [5.74, 6) is 0. The van der Waals surface area contributed by atoms with E-state index < -0.39 is 0 Å². The molecule has 0 saturated carbocycles. The number of hydrogen-bond donors (Lipinski definition) is 2. The van der Waals surface area contributed by atoms with E-state index in [9.17, 15) is 0 Å². The lowest BCUT2D eigenvalue weighted by Gasteiger charge is -2.29. The number of rotatable bonds is 4. The summed E-state index contributed by atoms with van der Waals surface area (Å²) in [6.45, 7) is 3.59. The summed E-state index contributed by atoms with van der Waals surface area (Å²) in [4.78, 5) is 5.78. The topological polar surface area (TPSA) is 45.0 Å². The van der Waals surface area contributed by atoms with E-state index in [0.717, 1.165) is 6.42 Å². The second kappa shape index (κ2) is 5.33. The fraction of sp³-hybridized carbons (Fsp3) is 0.667. The zero-order valence-corrected chi connectivity index (χ0v) is 9.28. The summed E-state index contributed by atoms with van der Waals surface area (Å²) in [5.41, 5.74) is 7.22. The van der Waals surface area contributed by atoms with Crippen LogP contribution in [0.15, 0.2) is 18.3 Å². The Labute approximate surface area is 91.7 Å². The lowest BCUT2D eigenvalue weighted by Crippen LogP contribution is -2.40. The maximum Gasteiger partial charge on any atom is 0.0147 e. The van der Waals surface area contributed by atoms with Crippen molar-refractivity contribution in [1.29, 1.82) is 0 Å². The maximum absolute atomic E-state index is 5.87. The Kier molecular flexibility index (Phi) is 3.80. The number of piperidine rings is 1. The SMILES string of the molecule is NC1CCN(CCCc2ccc[nH]2)CC1. The van der Waals surface area contributed by atoms with Crippen molar-refractivity contribution in [3.8, 4) is 0 Å². The Balaban J connectivity index is 1.62. The fourth-order valence-corrected chi connectivity index (χ4v) is 2.19. The average Bonchev–Trinajstić information content (AvgIpc) is 2.74. The first-order valence-electron chi connectivity index (χ1n) is 5.95. The van der Waals surface area contributed by atoms with Crippen molar-refractivity contribution in [3.63, 3.8) is 0 Å². The van der Waals surface area contributed by atoms with Gasteiger partial charge in [-0.3, -0.25) is 0 Å². The summed E-state index contributed by atoms with van der Waals surface area (Å²) in [6.07, 6.45) is 6.74. The van der Waals surface area contributed by atoms with Gasteiger partial charge < -0.3 is 15.6 Å². The Morgan fingerprint density at radius 1 is 1.40 bits per heavy atom. The van der Waals surface area contributed by atoms with Crippen LogP contribution in [-0.2, 0) is 6.42 Å². The lowest BCUT2D eigenvalue weighted by molar-refractivity contribution is 0.211. The van der Waals surface area contributed by atoms with Crippen LogP contribution < -0.4 is 5.73 Å². The number of aryl methyl sites for hydroxylation is 1. The molecule has 0 bridgehead atoms. The van der Waals surface area contributed by atoms with Crippen molar-refractivity contribution in [3.05, 3.63) is 24.0 Å². The van der Waals surface area contributed by atoms with Gasteiger partial charge in [-0.25, -0.2) is 0 Å². The predicted molar refractivity (Wildman–Crippen MR) is 62.8 cm³/mol. The van der Waals surface area contributed by atoms with Crippen LogP contribution in [0.5, 0.6) is 0 Å². The van der Waals surface area contributed by atoms with Crippen molar-refractivity contribution in [2.45, 2.75) is 31.7 Å². The minimum Gasteiger partial charge on any atom is -0.365 e. The largest absolute Gasteiger partial charge is 0.365 e. The minimum atomic E-state index is 0.449. The zero-order valence-electron chi connectivity index (χ0n) is 9.28. The molecule has 1 aliphatic rings. The summed E-state index contributed by atoms with van der Waals surface area (Å²) in [5, 5.41) is 0. The van der Waals surface area contributed by atoms with Crippen LogP contribution in [-0.4, -0.2) is 35.6 Å². The first kappa shape index (κ1) is 10.7. The van der Waals surface area contributed by atoms with E-state index in [2.05, 4.69) is 22.0 Å². The number of aromatic amines is 1. The molecule has 15 heavy (non-hydrogen) atoms. The second-order valence-electron chi connectivity index (χ2n) is 4.48. The van der Waals surface area contributed by atoms with Crippen molar-refractivity contribution >= 4 is 0 Å². The van der Waals surface area contributed by atoms with E-state index in [0.29, 0.717) is 6.04 Å². The molecule has 0 amide bonds. The molecule has 0 aliphatic carbocycles. The van der Waals surface area contributed by atoms with Gasteiger partial charge in [-0.15, -0.1) is 0 Å². The van der Waals surface area contributed by atoms with Crippen molar-refractivity contribution < 1.29 is 0 Å². The summed E-state index contributed by atoms with van der Waals surface area (Å²) < 4.78 is 0. The molecule has 3 N–H and O–H groups in total. The van der Waals surface area contributed by atoms with Gasteiger partial charge in [0.1, 0.15) is 0 Å². The number of aromatic nitrogens is 1. The van der Waals surface area contributed by atoms with Gasteiger partial charge in [0.15, 0.2) is 0 Å². The summed E-state index contributed by atoms with van der Waals surface area (Å²) in [7, 11) is 0. The Bertz CT molecular complexity index is 260. The molecule has 0 spiro atoms. The summed E-state index contributed by atoms with van der Waals surface area (Å²) >= 11 is 0. The number of likely N-dealkylation sites (tertiary alicyclic amines) is 1. The molecule has 2 rings (SSSR count). The second-order valence-corrected chi connectivity index (χ2v) is 4.48. The maximum atomic E-state index is 5.87. The first-order valence-corrected chi connectivity index (χ1v) is 5.95. The Morgan fingerprint density at radius 2 is 2.20 bits per heavy atom. The third-order valence-corrected chi connectivity index (χ3v) is 3.22. The normalized spacial score (nSPS) is 19.5. The molecule has 1 fully saturated rings. The van der Waals surface area contributed by atoms with E-state index in [1.165, 1.54) is 44.6 Å². The van der Waals surface area contributed by atoms with Crippen LogP contribution in [0.1, 0.15) is 25.0 Å². The third-order valence-electron chi connectivity index (χ3n) is 3.22. The van der Waals surface area contributed by atoms with Gasteiger partial charge in [0.05, 0.1) is 0 Å². The number of nitrogens with two attached hydrogens (primary N) is 1. The smallest absolute Gasteiger partial charge is 0.0147 e. The predicted octanol–water partition coefficient (Wildman–Crippen LogP) is 1.37. The third kappa shape index (κ3) is 3.36. The van der Waals surface area contributed by atoms with Crippen molar-refractivity contribution in [2.24, 2.45) is 5.73 Å². The van der Waals surface area contributed by atoms with E-state index in [1.807, 2.05) is 6.20 Å². The molecule has 1 aromatic heterocycles.